The van der Waals surface area contributed by atoms with Crippen molar-refractivity contribution in [2.45, 2.75) is 6.92 Å². The summed E-state index contributed by atoms with van der Waals surface area (Å²) in [5.41, 5.74) is 0. The molecule has 2 heterocycles. The SMILES string of the molecule is CC1CN2CCSCC1CNC2. The van der Waals surface area contributed by atoms with Gasteiger partial charge in [-0.3, -0.25) is 4.90 Å². The molecule has 0 amide bonds. The summed E-state index contributed by atoms with van der Waals surface area (Å²) < 4.78 is 0. The lowest BCUT2D eigenvalue weighted by molar-refractivity contribution is 0.246. The van der Waals surface area contributed by atoms with Gasteiger partial charge in [0.15, 0.2) is 0 Å². The van der Waals surface area contributed by atoms with E-state index < -0.39 is 0 Å². The predicted molar refractivity (Wildman–Crippen MR) is 54.4 cm³/mol. The lowest BCUT2D eigenvalue weighted by atomic mass is 9.96. The van der Waals surface area contributed by atoms with Gasteiger partial charge in [0.2, 0.25) is 0 Å². The van der Waals surface area contributed by atoms with Gasteiger partial charge in [0.05, 0.1) is 0 Å². The fourth-order valence-electron chi connectivity index (χ4n) is 2.05. The molecule has 3 heteroatoms. The highest BCUT2D eigenvalue weighted by Crippen LogP contribution is 2.22. The second kappa shape index (κ2) is 3.99. The minimum Gasteiger partial charge on any atom is -0.304 e. The maximum absolute atomic E-state index is 3.53. The van der Waals surface area contributed by atoms with Crippen molar-refractivity contribution in [1.82, 2.24) is 10.2 Å². The summed E-state index contributed by atoms with van der Waals surface area (Å²) in [4.78, 5) is 2.55. The molecular formula is C9H18N2S. The van der Waals surface area contributed by atoms with Gasteiger partial charge >= 0.3 is 0 Å². The fraction of sp³-hybridized carbons (Fsp3) is 1.00. The van der Waals surface area contributed by atoms with Crippen molar-refractivity contribution in [3.05, 3.63) is 0 Å². The van der Waals surface area contributed by atoms with E-state index in [4.69, 9.17) is 0 Å². The van der Waals surface area contributed by atoms with Crippen LogP contribution in [-0.4, -0.2) is 42.7 Å². The highest BCUT2D eigenvalue weighted by Gasteiger charge is 2.25. The zero-order chi connectivity index (χ0) is 8.39. The Morgan fingerprint density at radius 2 is 2.42 bits per heavy atom. The van der Waals surface area contributed by atoms with E-state index in [1.54, 1.807) is 0 Å². The molecule has 2 rings (SSSR count). The van der Waals surface area contributed by atoms with Crippen LogP contribution in [0.25, 0.3) is 0 Å². The normalized spacial score (nSPS) is 43.2. The molecule has 0 saturated carbocycles. The van der Waals surface area contributed by atoms with E-state index in [0.29, 0.717) is 0 Å². The Hall–Kier alpha value is 0.270. The van der Waals surface area contributed by atoms with Gasteiger partial charge in [-0.05, 0) is 17.6 Å². The monoisotopic (exact) mass is 186 g/mol. The molecule has 2 fully saturated rings. The summed E-state index contributed by atoms with van der Waals surface area (Å²) in [6.45, 7) is 7.32. The lowest BCUT2D eigenvalue weighted by Crippen LogP contribution is -2.35. The van der Waals surface area contributed by atoms with Crippen LogP contribution in [0, 0.1) is 11.8 Å². The fourth-order valence-corrected chi connectivity index (χ4v) is 3.36. The molecule has 2 aliphatic heterocycles. The van der Waals surface area contributed by atoms with Crippen LogP contribution < -0.4 is 5.32 Å². The molecule has 3 unspecified atom stereocenters. The lowest BCUT2D eigenvalue weighted by Gasteiger charge is -2.27. The highest BCUT2D eigenvalue weighted by atomic mass is 32.2. The van der Waals surface area contributed by atoms with E-state index in [0.717, 1.165) is 18.5 Å². The zero-order valence-corrected chi connectivity index (χ0v) is 8.57. The van der Waals surface area contributed by atoms with Crippen molar-refractivity contribution in [3.8, 4) is 0 Å². The minimum absolute atomic E-state index is 0.882. The Morgan fingerprint density at radius 3 is 3.33 bits per heavy atom. The van der Waals surface area contributed by atoms with Gasteiger partial charge in [-0.15, -0.1) is 0 Å². The van der Waals surface area contributed by atoms with Crippen molar-refractivity contribution in [3.63, 3.8) is 0 Å². The molecule has 70 valence electrons. The van der Waals surface area contributed by atoms with E-state index in [2.05, 4.69) is 28.9 Å². The first kappa shape index (κ1) is 8.85. The molecule has 0 radical (unpaired) electrons. The van der Waals surface area contributed by atoms with E-state index in [-0.39, 0.29) is 0 Å². The third-order valence-electron chi connectivity index (χ3n) is 2.98. The first-order valence-electron chi connectivity index (χ1n) is 4.87. The summed E-state index contributed by atoms with van der Waals surface area (Å²) in [7, 11) is 0. The molecular weight excluding hydrogens is 168 g/mol. The predicted octanol–water partition coefficient (Wildman–Crippen LogP) is 0.848. The van der Waals surface area contributed by atoms with Crippen LogP contribution in [0.3, 0.4) is 0 Å². The Kier molecular flexibility index (Phi) is 2.94. The van der Waals surface area contributed by atoms with Gasteiger partial charge < -0.3 is 5.32 Å². The van der Waals surface area contributed by atoms with Crippen LogP contribution >= 0.6 is 11.8 Å². The van der Waals surface area contributed by atoms with E-state index in [9.17, 15) is 0 Å². The molecule has 2 bridgehead atoms. The number of nitrogens with zero attached hydrogens (tertiary/aromatic N) is 1. The molecule has 3 atom stereocenters. The molecule has 0 aliphatic carbocycles. The Balaban J connectivity index is 2.04. The van der Waals surface area contributed by atoms with Crippen LogP contribution in [-0.2, 0) is 0 Å². The van der Waals surface area contributed by atoms with Crippen molar-refractivity contribution in [2.75, 3.05) is 37.8 Å². The average Bonchev–Trinajstić information content (AvgIpc) is 2.18. The van der Waals surface area contributed by atoms with Crippen LogP contribution in [0.2, 0.25) is 0 Å². The van der Waals surface area contributed by atoms with Crippen LogP contribution in [0.4, 0.5) is 0 Å². The van der Waals surface area contributed by atoms with Crippen LogP contribution in [0.1, 0.15) is 6.92 Å². The second-order valence-electron chi connectivity index (χ2n) is 4.00. The summed E-state index contributed by atoms with van der Waals surface area (Å²) in [5.74, 6) is 4.47. The van der Waals surface area contributed by atoms with Gasteiger partial charge in [0.1, 0.15) is 0 Å². The number of fused-ring (bicyclic) bond motifs is 3. The molecule has 2 nitrogen and oxygen atoms in total. The molecule has 2 aliphatic rings. The maximum Gasteiger partial charge on any atom is 0.0480 e. The van der Waals surface area contributed by atoms with Crippen LogP contribution in [0.15, 0.2) is 0 Å². The standard InChI is InChI=1S/C9H18N2S/c1-8-5-11-2-3-12-6-9(8)4-10-7-11/h8-10H,2-7H2,1H3. The van der Waals surface area contributed by atoms with Crippen molar-refractivity contribution in [2.24, 2.45) is 11.8 Å². The van der Waals surface area contributed by atoms with Crippen molar-refractivity contribution < 1.29 is 0 Å². The third kappa shape index (κ3) is 1.95. The molecule has 0 aromatic heterocycles. The average molecular weight is 186 g/mol. The van der Waals surface area contributed by atoms with E-state index in [1.165, 1.54) is 31.1 Å². The number of hydrogen-bond acceptors (Lipinski definition) is 3. The summed E-state index contributed by atoms with van der Waals surface area (Å²) in [6.07, 6.45) is 0. The van der Waals surface area contributed by atoms with E-state index >= 15 is 0 Å². The highest BCUT2D eigenvalue weighted by molar-refractivity contribution is 7.99. The Morgan fingerprint density at radius 1 is 1.50 bits per heavy atom. The van der Waals surface area contributed by atoms with Gasteiger partial charge in [-0.25, -0.2) is 0 Å². The van der Waals surface area contributed by atoms with Crippen molar-refractivity contribution in [1.29, 1.82) is 0 Å². The molecule has 0 aromatic carbocycles. The largest absolute Gasteiger partial charge is 0.304 e. The Bertz CT molecular complexity index is 147. The van der Waals surface area contributed by atoms with E-state index in [1.807, 2.05) is 0 Å². The molecule has 2 saturated heterocycles. The number of thioether (sulfide) groups is 1. The second-order valence-corrected chi connectivity index (χ2v) is 5.15. The van der Waals surface area contributed by atoms with Crippen molar-refractivity contribution >= 4 is 11.8 Å². The Labute approximate surface area is 79.1 Å². The first-order chi connectivity index (χ1) is 5.86. The van der Waals surface area contributed by atoms with Gasteiger partial charge in [-0.2, -0.15) is 11.8 Å². The van der Waals surface area contributed by atoms with Crippen LogP contribution in [0.5, 0.6) is 0 Å². The number of hydrogen-bond donors (Lipinski definition) is 1. The third-order valence-corrected chi connectivity index (χ3v) is 4.11. The molecule has 0 aromatic rings. The first-order valence-corrected chi connectivity index (χ1v) is 6.02. The molecule has 0 spiro atoms. The molecule has 1 N–H and O–H groups in total. The smallest absolute Gasteiger partial charge is 0.0480 e. The van der Waals surface area contributed by atoms with Gasteiger partial charge in [0, 0.05) is 32.1 Å². The summed E-state index contributed by atoms with van der Waals surface area (Å²) in [6, 6.07) is 0. The summed E-state index contributed by atoms with van der Waals surface area (Å²) in [5, 5.41) is 3.53. The topological polar surface area (TPSA) is 15.3 Å². The number of rotatable bonds is 0. The quantitative estimate of drug-likeness (QED) is 0.604. The summed E-state index contributed by atoms with van der Waals surface area (Å²) >= 11 is 2.13. The molecule has 12 heavy (non-hydrogen) atoms. The number of nitrogens with one attached hydrogen (secondary N) is 1. The van der Waals surface area contributed by atoms with Gasteiger partial charge in [0.25, 0.3) is 0 Å². The zero-order valence-electron chi connectivity index (χ0n) is 7.75. The minimum atomic E-state index is 0.882. The maximum atomic E-state index is 3.53. The van der Waals surface area contributed by atoms with Gasteiger partial charge in [-0.1, -0.05) is 6.92 Å².